The molecule has 1 saturated carbocycles. The zero-order chi connectivity index (χ0) is 14.3. The highest BCUT2D eigenvalue weighted by molar-refractivity contribution is 5.45. The van der Waals surface area contributed by atoms with E-state index >= 15 is 0 Å². The molecule has 0 heterocycles. The molecule has 3 nitrogen and oxygen atoms in total. The van der Waals surface area contributed by atoms with Crippen molar-refractivity contribution in [1.82, 2.24) is 0 Å². The molecular formula is C17H22O3. The molecule has 0 amide bonds. The topological polar surface area (TPSA) is 38.7 Å². The SMILES string of the molecule is COc1cc(O)ccc1OCC1=CCC2CC1C2(C)C. The van der Waals surface area contributed by atoms with Crippen LogP contribution in [0, 0.1) is 17.3 Å². The maximum atomic E-state index is 9.46. The highest BCUT2D eigenvalue weighted by atomic mass is 16.5. The fraction of sp³-hybridized carbons (Fsp3) is 0.529. The second-order valence-electron chi connectivity index (χ2n) is 6.45. The Kier molecular flexibility index (Phi) is 3.15. The Labute approximate surface area is 120 Å². The fourth-order valence-corrected chi connectivity index (χ4v) is 3.58. The number of rotatable bonds is 4. The molecule has 0 radical (unpaired) electrons. The first kappa shape index (κ1) is 13.3. The van der Waals surface area contributed by atoms with E-state index in [1.54, 1.807) is 25.3 Å². The van der Waals surface area contributed by atoms with Gasteiger partial charge in [-0.05, 0) is 47.8 Å². The second-order valence-corrected chi connectivity index (χ2v) is 6.45. The molecule has 1 aromatic carbocycles. The normalized spacial score (nSPS) is 26.4. The first-order valence-electron chi connectivity index (χ1n) is 7.21. The minimum Gasteiger partial charge on any atom is -0.508 e. The van der Waals surface area contributed by atoms with Gasteiger partial charge in [-0.15, -0.1) is 0 Å². The van der Waals surface area contributed by atoms with E-state index in [-0.39, 0.29) is 5.75 Å². The molecule has 3 aliphatic carbocycles. The Morgan fingerprint density at radius 3 is 2.75 bits per heavy atom. The van der Waals surface area contributed by atoms with Gasteiger partial charge in [0, 0.05) is 6.07 Å². The van der Waals surface area contributed by atoms with Crippen molar-refractivity contribution >= 4 is 0 Å². The lowest BCUT2D eigenvalue weighted by molar-refractivity contribution is -0.0116. The van der Waals surface area contributed by atoms with Gasteiger partial charge in [0.25, 0.3) is 0 Å². The Morgan fingerprint density at radius 2 is 2.10 bits per heavy atom. The van der Waals surface area contributed by atoms with Gasteiger partial charge in [0.2, 0.25) is 0 Å². The average molecular weight is 274 g/mol. The van der Waals surface area contributed by atoms with E-state index < -0.39 is 0 Å². The molecule has 108 valence electrons. The molecule has 3 aliphatic rings. The molecule has 1 aromatic rings. The summed E-state index contributed by atoms with van der Waals surface area (Å²) in [5, 5.41) is 9.46. The van der Waals surface area contributed by atoms with Gasteiger partial charge in [-0.25, -0.2) is 0 Å². The van der Waals surface area contributed by atoms with Crippen molar-refractivity contribution < 1.29 is 14.6 Å². The van der Waals surface area contributed by atoms with Gasteiger partial charge in [0.05, 0.1) is 7.11 Å². The summed E-state index contributed by atoms with van der Waals surface area (Å²) in [5.74, 6) is 2.95. The quantitative estimate of drug-likeness (QED) is 0.849. The van der Waals surface area contributed by atoms with E-state index in [0.29, 0.717) is 29.4 Å². The number of hydrogen-bond acceptors (Lipinski definition) is 3. The first-order chi connectivity index (χ1) is 9.52. The first-order valence-corrected chi connectivity index (χ1v) is 7.21. The number of aromatic hydroxyl groups is 1. The average Bonchev–Trinajstić information content (AvgIpc) is 2.45. The van der Waals surface area contributed by atoms with Crippen LogP contribution in [0.15, 0.2) is 29.8 Å². The number of methoxy groups -OCH3 is 1. The lowest BCUT2D eigenvalue weighted by atomic mass is 9.49. The Bertz CT molecular complexity index is 545. The molecule has 2 atom stereocenters. The Balaban J connectivity index is 1.70. The van der Waals surface area contributed by atoms with E-state index in [4.69, 9.17) is 9.47 Å². The highest BCUT2D eigenvalue weighted by Crippen LogP contribution is 2.59. The molecule has 1 N–H and O–H groups in total. The van der Waals surface area contributed by atoms with Crippen LogP contribution in [0.3, 0.4) is 0 Å². The van der Waals surface area contributed by atoms with Crippen LogP contribution in [0.25, 0.3) is 0 Å². The molecule has 1 fully saturated rings. The zero-order valence-electron chi connectivity index (χ0n) is 12.3. The van der Waals surface area contributed by atoms with Gasteiger partial charge in [-0.3, -0.25) is 0 Å². The summed E-state index contributed by atoms with van der Waals surface area (Å²) >= 11 is 0. The molecule has 0 saturated heterocycles. The number of ether oxygens (including phenoxy) is 2. The molecule has 3 heteroatoms. The van der Waals surface area contributed by atoms with Gasteiger partial charge >= 0.3 is 0 Å². The van der Waals surface area contributed by atoms with E-state index in [1.807, 2.05) is 0 Å². The van der Waals surface area contributed by atoms with E-state index in [2.05, 4.69) is 19.9 Å². The number of fused-ring (bicyclic) bond motifs is 1. The van der Waals surface area contributed by atoms with Crippen LogP contribution in [0.2, 0.25) is 0 Å². The Morgan fingerprint density at radius 1 is 1.30 bits per heavy atom. The minimum atomic E-state index is 0.189. The van der Waals surface area contributed by atoms with Crippen molar-refractivity contribution in [2.45, 2.75) is 26.7 Å². The fourth-order valence-electron chi connectivity index (χ4n) is 3.58. The van der Waals surface area contributed by atoms with Crippen LogP contribution in [0.1, 0.15) is 26.7 Å². The van der Waals surface area contributed by atoms with Crippen molar-refractivity contribution in [3.05, 3.63) is 29.8 Å². The third-order valence-electron chi connectivity index (χ3n) is 5.12. The smallest absolute Gasteiger partial charge is 0.164 e. The molecule has 4 rings (SSSR count). The van der Waals surface area contributed by atoms with Gasteiger partial charge in [-0.1, -0.05) is 19.9 Å². The van der Waals surface area contributed by atoms with Gasteiger partial charge in [0.1, 0.15) is 12.4 Å². The summed E-state index contributed by atoms with van der Waals surface area (Å²) in [6, 6.07) is 4.95. The molecule has 2 unspecified atom stereocenters. The summed E-state index contributed by atoms with van der Waals surface area (Å²) in [6.45, 7) is 5.34. The highest BCUT2D eigenvalue weighted by Gasteiger charge is 2.51. The van der Waals surface area contributed by atoms with E-state index in [9.17, 15) is 5.11 Å². The second kappa shape index (κ2) is 4.72. The molecule has 0 aromatic heterocycles. The molecule has 20 heavy (non-hydrogen) atoms. The standard InChI is InChI=1S/C17H22O3/c1-17(2)12-5-4-11(14(17)8-12)10-20-15-7-6-13(18)9-16(15)19-3/h4,6-7,9,12,14,18H,5,8,10H2,1-3H3. The zero-order valence-corrected chi connectivity index (χ0v) is 12.3. The lowest BCUT2D eigenvalue weighted by Gasteiger charge is -2.56. The van der Waals surface area contributed by atoms with Crippen molar-refractivity contribution in [3.63, 3.8) is 0 Å². The number of allylic oxidation sites excluding steroid dienone is 1. The number of hydrogen-bond donors (Lipinski definition) is 1. The number of phenolic OH excluding ortho intramolecular Hbond substituents is 1. The van der Waals surface area contributed by atoms with Crippen LogP contribution in [0.5, 0.6) is 17.2 Å². The van der Waals surface area contributed by atoms with Crippen molar-refractivity contribution in [3.8, 4) is 17.2 Å². The van der Waals surface area contributed by atoms with Crippen molar-refractivity contribution in [2.24, 2.45) is 17.3 Å². The van der Waals surface area contributed by atoms with Crippen LogP contribution < -0.4 is 9.47 Å². The predicted molar refractivity (Wildman–Crippen MR) is 78.2 cm³/mol. The van der Waals surface area contributed by atoms with E-state index in [0.717, 1.165) is 5.92 Å². The monoisotopic (exact) mass is 274 g/mol. The molecule has 0 spiro atoms. The van der Waals surface area contributed by atoms with Crippen LogP contribution in [0.4, 0.5) is 0 Å². The summed E-state index contributed by atoms with van der Waals surface area (Å²) in [6.07, 6.45) is 4.82. The van der Waals surface area contributed by atoms with Gasteiger partial charge in [-0.2, -0.15) is 0 Å². The van der Waals surface area contributed by atoms with Crippen LogP contribution in [-0.4, -0.2) is 18.8 Å². The maximum Gasteiger partial charge on any atom is 0.164 e. The summed E-state index contributed by atoms with van der Waals surface area (Å²) in [5.41, 5.74) is 1.83. The maximum absolute atomic E-state index is 9.46. The lowest BCUT2D eigenvalue weighted by Crippen LogP contribution is -2.48. The van der Waals surface area contributed by atoms with Gasteiger partial charge in [0.15, 0.2) is 11.5 Å². The number of benzene rings is 1. The van der Waals surface area contributed by atoms with Gasteiger partial charge < -0.3 is 14.6 Å². The van der Waals surface area contributed by atoms with Crippen molar-refractivity contribution in [1.29, 1.82) is 0 Å². The third kappa shape index (κ3) is 2.05. The van der Waals surface area contributed by atoms with Crippen LogP contribution >= 0.6 is 0 Å². The summed E-state index contributed by atoms with van der Waals surface area (Å²) in [7, 11) is 1.58. The molecular weight excluding hydrogens is 252 g/mol. The third-order valence-corrected chi connectivity index (χ3v) is 5.12. The number of phenols is 1. The largest absolute Gasteiger partial charge is 0.508 e. The Hall–Kier alpha value is -1.64. The minimum absolute atomic E-state index is 0.189. The summed E-state index contributed by atoms with van der Waals surface area (Å²) < 4.78 is 11.1. The van der Waals surface area contributed by atoms with E-state index in [1.165, 1.54) is 18.4 Å². The summed E-state index contributed by atoms with van der Waals surface area (Å²) in [4.78, 5) is 0. The van der Waals surface area contributed by atoms with Crippen LogP contribution in [-0.2, 0) is 0 Å². The predicted octanol–water partition coefficient (Wildman–Crippen LogP) is 3.77. The molecule has 2 bridgehead atoms. The van der Waals surface area contributed by atoms with Crippen molar-refractivity contribution in [2.75, 3.05) is 13.7 Å². The molecule has 0 aliphatic heterocycles.